The van der Waals surface area contributed by atoms with Crippen LogP contribution in [-0.2, 0) is 0 Å². The highest BCUT2D eigenvalue weighted by atomic mass is 35.5. The van der Waals surface area contributed by atoms with Crippen molar-refractivity contribution in [2.24, 2.45) is 5.92 Å². The van der Waals surface area contributed by atoms with Crippen molar-refractivity contribution in [3.05, 3.63) is 39.5 Å². The number of hydrogen-bond donors (Lipinski definition) is 3. The average molecular weight is 596 g/mol. The van der Waals surface area contributed by atoms with E-state index in [0.29, 0.717) is 68.2 Å². The molecule has 4 unspecified atom stereocenters. The summed E-state index contributed by atoms with van der Waals surface area (Å²) in [5.74, 6) is 1.06. The molecule has 2 saturated heterocycles. The Hall–Kier alpha value is -2.99. The van der Waals surface area contributed by atoms with Crippen molar-refractivity contribution in [1.82, 2.24) is 25.2 Å². The average Bonchev–Trinajstić information content (AvgIpc) is 3.69. The minimum Gasteiger partial charge on any atom is -0.488 e. The normalized spacial score (nSPS) is 27.2. The summed E-state index contributed by atoms with van der Waals surface area (Å²) in [5, 5.41) is 8.57. The molecule has 12 heteroatoms. The van der Waals surface area contributed by atoms with Crippen LogP contribution in [0.5, 0.6) is 5.75 Å². The SMILES string of the molecule is CNC1CCC([C@H]2COc3c(-c4ccc(F)c5sc(N)nc45)c(Cl)cc4c(N5CC6CCC(C5)N6)nc(=O)n2c34)C1. The van der Waals surface area contributed by atoms with Gasteiger partial charge in [-0.15, -0.1) is 0 Å². The third kappa shape index (κ3) is 3.96. The lowest BCUT2D eigenvalue weighted by Crippen LogP contribution is -2.52. The number of nitrogens with zero attached hydrogens (tertiary/aromatic N) is 4. The molecule has 2 bridgehead atoms. The van der Waals surface area contributed by atoms with E-state index in [0.717, 1.165) is 61.9 Å². The fraction of sp³-hybridized carbons (Fsp3) is 0.483. The Morgan fingerprint density at radius 2 is 2.00 bits per heavy atom. The number of anilines is 2. The molecular formula is C29H31ClFN7O2S. The molecule has 1 saturated carbocycles. The number of nitrogen functional groups attached to an aromatic ring is 1. The Morgan fingerprint density at radius 3 is 2.76 bits per heavy atom. The van der Waals surface area contributed by atoms with E-state index in [9.17, 15) is 9.18 Å². The molecule has 8 rings (SSSR count). The molecule has 0 spiro atoms. The Labute approximate surface area is 244 Å². The molecule has 214 valence electrons. The van der Waals surface area contributed by atoms with Gasteiger partial charge >= 0.3 is 5.69 Å². The summed E-state index contributed by atoms with van der Waals surface area (Å²) >= 11 is 8.18. The standard InChI is InChI=1S/C29H31ClFN7O2S/c1-33-14-3-2-13(8-14)21-12-40-25-22(17-6-7-20(31)26-23(17)35-28(32)41-26)19(30)9-18-24(25)38(21)29(39)36-27(18)37-10-15-4-5-16(11-37)34-15/h6-7,9,13-16,21,33-34H,2-5,8,10-12H2,1H3,(H2,32,35)/t13?,14?,15?,16?,21-/m1/s1. The van der Waals surface area contributed by atoms with Crippen LogP contribution in [0.2, 0.25) is 5.02 Å². The van der Waals surface area contributed by atoms with Gasteiger partial charge in [-0.25, -0.2) is 14.2 Å². The fourth-order valence-electron chi connectivity index (χ4n) is 7.65. The molecule has 3 fully saturated rings. The van der Waals surface area contributed by atoms with Crippen LogP contribution in [0.4, 0.5) is 15.3 Å². The molecule has 1 aliphatic carbocycles. The first kappa shape index (κ1) is 25.7. The van der Waals surface area contributed by atoms with E-state index in [-0.39, 0.29) is 28.6 Å². The summed E-state index contributed by atoms with van der Waals surface area (Å²) in [7, 11) is 1.99. The molecule has 4 N–H and O–H groups in total. The quantitative estimate of drug-likeness (QED) is 0.320. The van der Waals surface area contributed by atoms with Gasteiger partial charge in [0.15, 0.2) is 10.9 Å². The monoisotopic (exact) mass is 595 g/mol. The van der Waals surface area contributed by atoms with Crippen LogP contribution < -0.4 is 31.7 Å². The number of thiazole rings is 1. The highest BCUT2D eigenvalue weighted by molar-refractivity contribution is 7.22. The van der Waals surface area contributed by atoms with Gasteiger partial charge < -0.3 is 26.0 Å². The molecule has 4 aliphatic rings. The van der Waals surface area contributed by atoms with Gasteiger partial charge in [0.25, 0.3) is 0 Å². The van der Waals surface area contributed by atoms with E-state index >= 15 is 0 Å². The first-order valence-corrected chi connectivity index (χ1v) is 15.5. The number of aromatic nitrogens is 3. The van der Waals surface area contributed by atoms with Crippen molar-refractivity contribution in [2.45, 2.75) is 56.3 Å². The zero-order valence-corrected chi connectivity index (χ0v) is 24.2. The van der Waals surface area contributed by atoms with Crippen LogP contribution in [0.25, 0.3) is 32.2 Å². The van der Waals surface area contributed by atoms with Gasteiger partial charge in [0, 0.05) is 47.7 Å². The Morgan fingerprint density at radius 1 is 1.20 bits per heavy atom. The molecule has 2 aromatic heterocycles. The van der Waals surface area contributed by atoms with E-state index in [4.69, 9.17) is 27.1 Å². The van der Waals surface area contributed by atoms with Gasteiger partial charge in [-0.3, -0.25) is 4.57 Å². The van der Waals surface area contributed by atoms with Crippen molar-refractivity contribution in [3.8, 4) is 16.9 Å². The van der Waals surface area contributed by atoms with Gasteiger partial charge in [0.2, 0.25) is 0 Å². The lowest BCUT2D eigenvalue weighted by atomic mass is 9.94. The number of hydrogen-bond acceptors (Lipinski definition) is 9. The highest BCUT2D eigenvalue weighted by Gasteiger charge is 2.40. The van der Waals surface area contributed by atoms with Crippen LogP contribution in [0.1, 0.15) is 38.1 Å². The van der Waals surface area contributed by atoms with Crippen LogP contribution in [-0.4, -0.2) is 59.4 Å². The third-order valence-corrected chi connectivity index (χ3v) is 10.7. The molecule has 41 heavy (non-hydrogen) atoms. The second kappa shape index (κ2) is 9.52. The summed E-state index contributed by atoms with van der Waals surface area (Å²) in [4.78, 5) is 25.5. The zero-order chi connectivity index (χ0) is 28.0. The number of rotatable bonds is 4. The Bertz CT molecular complexity index is 1760. The number of halogens is 2. The summed E-state index contributed by atoms with van der Waals surface area (Å²) in [6.07, 6.45) is 5.26. The number of fused-ring (bicyclic) bond motifs is 3. The molecule has 5 atom stereocenters. The number of piperazine rings is 1. The summed E-state index contributed by atoms with van der Waals surface area (Å²) < 4.78 is 23.6. The molecular weight excluding hydrogens is 565 g/mol. The molecule has 3 aliphatic heterocycles. The minimum absolute atomic E-state index is 0.145. The maximum Gasteiger partial charge on any atom is 0.350 e. The lowest BCUT2D eigenvalue weighted by Gasteiger charge is -2.37. The van der Waals surface area contributed by atoms with Gasteiger partial charge in [0.05, 0.1) is 26.8 Å². The van der Waals surface area contributed by atoms with Crippen molar-refractivity contribution < 1.29 is 9.13 Å². The number of nitrogens with two attached hydrogens (primary N) is 1. The van der Waals surface area contributed by atoms with E-state index in [1.165, 1.54) is 6.07 Å². The van der Waals surface area contributed by atoms with Crippen molar-refractivity contribution in [1.29, 1.82) is 0 Å². The van der Waals surface area contributed by atoms with Crippen molar-refractivity contribution in [2.75, 3.05) is 37.4 Å². The second-order valence-corrected chi connectivity index (χ2v) is 13.3. The third-order valence-electron chi connectivity index (χ3n) is 9.55. The van der Waals surface area contributed by atoms with Gasteiger partial charge in [-0.1, -0.05) is 22.9 Å². The zero-order valence-electron chi connectivity index (χ0n) is 22.6. The maximum absolute atomic E-state index is 14.8. The number of nitrogens with one attached hydrogen (secondary N) is 2. The number of benzene rings is 2. The largest absolute Gasteiger partial charge is 0.488 e. The van der Waals surface area contributed by atoms with E-state index in [2.05, 4.69) is 20.5 Å². The van der Waals surface area contributed by atoms with Crippen LogP contribution >= 0.6 is 22.9 Å². The summed E-state index contributed by atoms with van der Waals surface area (Å²) in [6, 6.07) is 6.00. The fourth-order valence-corrected chi connectivity index (χ4v) is 8.71. The lowest BCUT2D eigenvalue weighted by molar-refractivity contribution is 0.181. The highest BCUT2D eigenvalue weighted by Crippen LogP contribution is 2.50. The smallest absolute Gasteiger partial charge is 0.350 e. The van der Waals surface area contributed by atoms with Gasteiger partial charge in [-0.2, -0.15) is 4.98 Å². The topological polar surface area (TPSA) is 110 Å². The Kier molecular flexibility index (Phi) is 5.97. The predicted octanol–water partition coefficient (Wildman–Crippen LogP) is 4.31. The van der Waals surface area contributed by atoms with Gasteiger partial charge in [-0.05, 0) is 63.3 Å². The molecule has 0 amide bonds. The second-order valence-electron chi connectivity index (χ2n) is 11.9. The molecule has 0 radical (unpaired) electrons. The molecule has 5 heterocycles. The Balaban J connectivity index is 1.38. The summed E-state index contributed by atoms with van der Waals surface area (Å²) in [6.45, 7) is 1.90. The van der Waals surface area contributed by atoms with Crippen LogP contribution in [0, 0.1) is 11.7 Å². The van der Waals surface area contributed by atoms with E-state index in [1.807, 2.05) is 17.7 Å². The van der Waals surface area contributed by atoms with E-state index < -0.39 is 0 Å². The molecule has 9 nitrogen and oxygen atoms in total. The van der Waals surface area contributed by atoms with Crippen LogP contribution in [0.15, 0.2) is 23.0 Å². The summed E-state index contributed by atoms with van der Waals surface area (Å²) in [5.41, 5.74) is 8.10. The van der Waals surface area contributed by atoms with Crippen molar-refractivity contribution >= 4 is 55.0 Å². The predicted molar refractivity (Wildman–Crippen MR) is 161 cm³/mol. The van der Waals surface area contributed by atoms with E-state index in [1.54, 1.807) is 6.07 Å². The molecule has 4 aromatic rings. The van der Waals surface area contributed by atoms with Crippen molar-refractivity contribution in [3.63, 3.8) is 0 Å². The number of ether oxygens (including phenoxy) is 1. The maximum atomic E-state index is 14.8. The van der Waals surface area contributed by atoms with Crippen LogP contribution in [0.3, 0.4) is 0 Å². The first-order chi connectivity index (χ1) is 19.9. The first-order valence-electron chi connectivity index (χ1n) is 14.3. The minimum atomic E-state index is -0.387. The van der Waals surface area contributed by atoms with Gasteiger partial charge in [0.1, 0.15) is 18.2 Å². The molecule has 2 aromatic carbocycles.